The van der Waals surface area contributed by atoms with Crippen LogP contribution in [-0.4, -0.2) is 23.1 Å². The molecule has 0 saturated heterocycles. The van der Waals surface area contributed by atoms with Crippen LogP contribution in [0.4, 0.5) is 5.82 Å². The Kier molecular flexibility index (Phi) is 4.34. The first-order valence-electron chi connectivity index (χ1n) is 5.47. The van der Waals surface area contributed by atoms with E-state index in [1.54, 1.807) is 17.0 Å². The van der Waals surface area contributed by atoms with E-state index in [0.29, 0.717) is 12.4 Å². The summed E-state index contributed by atoms with van der Waals surface area (Å²) in [5.74, 6) is 0.549. The second-order valence-corrected chi connectivity index (χ2v) is 3.62. The zero-order chi connectivity index (χ0) is 11.3. The van der Waals surface area contributed by atoms with Gasteiger partial charge >= 0.3 is 0 Å². The monoisotopic (exact) mass is 209 g/mol. The summed E-state index contributed by atoms with van der Waals surface area (Å²) in [7, 11) is 1.92. The maximum absolute atomic E-state index is 11.9. The molecule has 1 heterocycles. The first-order chi connectivity index (χ1) is 7.20. The van der Waals surface area contributed by atoms with Crippen molar-refractivity contribution in [2.24, 2.45) is 0 Å². The van der Waals surface area contributed by atoms with Gasteiger partial charge in [-0.15, -0.1) is 0 Å². The van der Waals surface area contributed by atoms with Crippen molar-refractivity contribution in [3.8, 4) is 0 Å². The molecule has 1 aromatic rings. The van der Waals surface area contributed by atoms with Crippen LogP contribution >= 0.6 is 0 Å². The predicted molar refractivity (Wildman–Crippen MR) is 62.3 cm³/mol. The van der Waals surface area contributed by atoms with Crippen LogP contribution in [-0.2, 0) is 6.54 Å². The highest BCUT2D eigenvalue weighted by atomic mass is 16.1. The minimum atomic E-state index is -0.00129. The molecule has 0 bridgehead atoms. The molecule has 0 unspecified atom stereocenters. The van der Waals surface area contributed by atoms with Gasteiger partial charge in [-0.05, 0) is 13.3 Å². The molecule has 0 aliphatic rings. The molecule has 0 aromatic carbocycles. The van der Waals surface area contributed by atoms with Crippen LogP contribution in [0.3, 0.4) is 0 Å². The molecule has 0 radical (unpaired) electrons. The lowest BCUT2D eigenvalue weighted by atomic mass is 10.3. The van der Waals surface area contributed by atoms with Crippen molar-refractivity contribution in [2.75, 3.05) is 18.5 Å². The maximum Gasteiger partial charge on any atom is 0.293 e. The third-order valence-electron chi connectivity index (χ3n) is 2.44. The van der Waals surface area contributed by atoms with Crippen molar-refractivity contribution < 1.29 is 0 Å². The van der Waals surface area contributed by atoms with Crippen LogP contribution in [0.5, 0.6) is 0 Å². The molecule has 0 amide bonds. The Hall–Kier alpha value is -1.32. The average molecular weight is 209 g/mol. The fourth-order valence-corrected chi connectivity index (χ4v) is 1.45. The van der Waals surface area contributed by atoms with E-state index in [1.807, 2.05) is 18.9 Å². The molecule has 0 fully saturated rings. The Labute approximate surface area is 90.6 Å². The minimum absolute atomic E-state index is 0.00129. The number of rotatable bonds is 5. The molecule has 0 N–H and O–H groups in total. The van der Waals surface area contributed by atoms with Gasteiger partial charge in [0.2, 0.25) is 0 Å². The second kappa shape index (κ2) is 5.53. The van der Waals surface area contributed by atoms with Crippen LogP contribution in [0.25, 0.3) is 0 Å². The van der Waals surface area contributed by atoms with Gasteiger partial charge in [0.15, 0.2) is 5.82 Å². The Morgan fingerprint density at radius 3 is 2.80 bits per heavy atom. The maximum atomic E-state index is 11.9. The van der Waals surface area contributed by atoms with Gasteiger partial charge in [-0.1, -0.05) is 13.3 Å². The van der Waals surface area contributed by atoms with E-state index in [1.165, 1.54) is 0 Å². The van der Waals surface area contributed by atoms with Gasteiger partial charge in [0, 0.05) is 32.5 Å². The molecule has 0 aliphatic heterocycles. The molecular weight excluding hydrogens is 190 g/mol. The van der Waals surface area contributed by atoms with Crippen molar-refractivity contribution in [2.45, 2.75) is 33.2 Å². The average Bonchev–Trinajstić information content (AvgIpc) is 2.26. The van der Waals surface area contributed by atoms with Gasteiger partial charge in [-0.25, -0.2) is 4.98 Å². The second-order valence-electron chi connectivity index (χ2n) is 3.62. The topological polar surface area (TPSA) is 38.1 Å². The van der Waals surface area contributed by atoms with Gasteiger partial charge in [-0.3, -0.25) is 4.79 Å². The molecule has 0 saturated carbocycles. The van der Waals surface area contributed by atoms with Gasteiger partial charge in [0.1, 0.15) is 0 Å². The number of aromatic nitrogens is 2. The normalized spacial score (nSPS) is 10.3. The summed E-state index contributed by atoms with van der Waals surface area (Å²) in [4.78, 5) is 17.9. The van der Waals surface area contributed by atoms with Gasteiger partial charge in [-0.2, -0.15) is 0 Å². The van der Waals surface area contributed by atoms with Crippen LogP contribution in [0.2, 0.25) is 0 Å². The van der Waals surface area contributed by atoms with E-state index >= 15 is 0 Å². The van der Waals surface area contributed by atoms with E-state index in [9.17, 15) is 4.79 Å². The number of unbranched alkanes of at least 4 members (excludes halogenated alkanes) is 1. The molecular formula is C11H19N3O. The van der Waals surface area contributed by atoms with Gasteiger partial charge in [0.25, 0.3) is 5.56 Å². The van der Waals surface area contributed by atoms with Crippen LogP contribution in [0.1, 0.15) is 26.7 Å². The molecule has 0 aliphatic carbocycles. The fraction of sp³-hybridized carbons (Fsp3) is 0.636. The Bertz CT molecular complexity index is 359. The zero-order valence-electron chi connectivity index (χ0n) is 9.73. The van der Waals surface area contributed by atoms with Crippen molar-refractivity contribution in [1.82, 2.24) is 9.55 Å². The van der Waals surface area contributed by atoms with Crippen molar-refractivity contribution >= 4 is 5.82 Å². The Morgan fingerprint density at radius 1 is 1.47 bits per heavy atom. The molecule has 15 heavy (non-hydrogen) atoms. The lowest BCUT2D eigenvalue weighted by Gasteiger charge is -2.17. The minimum Gasteiger partial charge on any atom is -0.355 e. The van der Waals surface area contributed by atoms with E-state index in [-0.39, 0.29) is 5.56 Å². The van der Waals surface area contributed by atoms with Gasteiger partial charge in [0.05, 0.1) is 0 Å². The predicted octanol–water partition coefficient (Wildman–Crippen LogP) is 1.50. The zero-order valence-corrected chi connectivity index (χ0v) is 9.73. The summed E-state index contributed by atoms with van der Waals surface area (Å²) in [5.41, 5.74) is -0.00129. The van der Waals surface area contributed by atoms with Crippen LogP contribution < -0.4 is 10.5 Å². The highest BCUT2D eigenvalue weighted by molar-refractivity contribution is 5.33. The van der Waals surface area contributed by atoms with E-state index in [0.717, 1.165) is 19.4 Å². The van der Waals surface area contributed by atoms with E-state index < -0.39 is 0 Å². The van der Waals surface area contributed by atoms with Crippen molar-refractivity contribution in [3.05, 3.63) is 22.7 Å². The number of anilines is 1. The van der Waals surface area contributed by atoms with Crippen LogP contribution in [0.15, 0.2) is 17.2 Å². The largest absolute Gasteiger partial charge is 0.355 e. The molecule has 4 heteroatoms. The Balaban J connectivity index is 2.89. The van der Waals surface area contributed by atoms with E-state index in [4.69, 9.17) is 0 Å². The number of hydrogen-bond donors (Lipinski definition) is 0. The lowest BCUT2D eigenvalue weighted by molar-refractivity contribution is 0.698. The summed E-state index contributed by atoms with van der Waals surface area (Å²) in [6.07, 6.45) is 5.61. The Morgan fingerprint density at radius 2 is 2.20 bits per heavy atom. The van der Waals surface area contributed by atoms with E-state index in [2.05, 4.69) is 11.9 Å². The lowest BCUT2D eigenvalue weighted by Crippen LogP contribution is -2.30. The standard InChI is InChI=1S/C11H19N3O/c1-4-6-8-13(3)10-11(15)14(5-2)9-7-12-10/h7,9H,4-6,8H2,1-3H3. The van der Waals surface area contributed by atoms with Crippen molar-refractivity contribution in [1.29, 1.82) is 0 Å². The van der Waals surface area contributed by atoms with Gasteiger partial charge < -0.3 is 9.47 Å². The summed E-state index contributed by atoms with van der Waals surface area (Å²) >= 11 is 0. The molecule has 4 nitrogen and oxygen atoms in total. The highest BCUT2D eigenvalue weighted by Gasteiger charge is 2.07. The fourth-order valence-electron chi connectivity index (χ4n) is 1.45. The first-order valence-corrected chi connectivity index (χ1v) is 5.47. The molecule has 1 aromatic heterocycles. The third kappa shape index (κ3) is 2.81. The summed E-state index contributed by atoms with van der Waals surface area (Å²) in [5, 5.41) is 0. The number of aryl methyl sites for hydroxylation is 1. The highest BCUT2D eigenvalue weighted by Crippen LogP contribution is 2.02. The molecule has 84 valence electrons. The quantitative estimate of drug-likeness (QED) is 0.737. The number of nitrogens with zero attached hydrogens (tertiary/aromatic N) is 3. The van der Waals surface area contributed by atoms with Crippen LogP contribution in [0, 0.1) is 0 Å². The summed E-state index contributed by atoms with van der Waals surface area (Å²) in [6, 6.07) is 0. The SMILES string of the molecule is CCCCN(C)c1nccn(CC)c1=O. The molecule has 1 rings (SSSR count). The number of hydrogen-bond acceptors (Lipinski definition) is 3. The summed E-state index contributed by atoms with van der Waals surface area (Å²) in [6.45, 7) is 5.66. The summed E-state index contributed by atoms with van der Waals surface area (Å²) < 4.78 is 1.67. The first kappa shape index (κ1) is 11.8. The smallest absolute Gasteiger partial charge is 0.293 e. The molecule has 0 atom stereocenters. The van der Waals surface area contributed by atoms with Crippen molar-refractivity contribution in [3.63, 3.8) is 0 Å². The molecule has 0 spiro atoms. The third-order valence-corrected chi connectivity index (χ3v) is 2.44.